The van der Waals surface area contributed by atoms with E-state index >= 15 is 0 Å². The molecule has 1 aromatic carbocycles. The van der Waals surface area contributed by atoms with Gasteiger partial charge >= 0.3 is 0 Å². The molecular formula is C19H27NO. The van der Waals surface area contributed by atoms with Crippen LogP contribution in [-0.2, 0) is 11.2 Å². The van der Waals surface area contributed by atoms with E-state index in [2.05, 4.69) is 44.7 Å². The van der Waals surface area contributed by atoms with Gasteiger partial charge in [0.15, 0.2) is 0 Å². The molecule has 3 rings (SSSR count). The molecule has 1 saturated heterocycles. The van der Waals surface area contributed by atoms with Crippen molar-refractivity contribution in [3.8, 4) is 0 Å². The number of carbonyl (C=O) groups excluding carboxylic acids is 1. The molecule has 2 aliphatic heterocycles. The summed E-state index contributed by atoms with van der Waals surface area (Å²) in [5, 5.41) is 0. The number of fused-ring (bicyclic) bond motifs is 3. The largest absolute Gasteiger partial charge is 0.299 e. The van der Waals surface area contributed by atoms with Gasteiger partial charge in [-0.1, -0.05) is 26.0 Å². The summed E-state index contributed by atoms with van der Waals surface area (Å²) < 4.78 is 0. The van der Waals surface area contributed by atoms with Crippen LogP contribution in [0.4, 0.5) is 0 Å². The topological polar surface area (TPSA) is 20.3 Å². The first-order valence-corrected chi connectivity index (χ1v) is 8.32. The zero-order valence-corrected chi connectivity index (χ0v) is 13.8. The third kappa shape index (κ3) is 2.78. The maximum Gasteiger partial charge on any atom is 0.139 e. The number of hydrogen-bond acceptors (Lipinski definition) is 2. The number of aryl methyl sites for hydroxylation is 2. The minimum Gasteiger partial charge on any atom is -0.299 e. The highest BCUT2D eigenvalue weighted by atomic mass is 16.1. The molecule has 0 unspecified atom stereocenters. The van der Waals surface area contributed by atoms with E-state index in [1.54, 1.807) is 0 Å². The Hall–Kier alpha value is -1.15. The van der Waals surface area contributed by atoms with Crippen molar-refractivity contribution in [1.82, 2.24) is 4.90 Å². The first kappa shape index (κ1) is 14.8. The van der Waals surface area contributed by atoms with Gasteiger partial charge in [0.05, 0.1) is 0 Å². The van der Waals surface area contributed by atoms with Gasteiger partial charge < -0.3 is 0 Å². The Kier molecular flexibility index (Phi) is 3.92. The van der Waals surface area contributed by atoms with Crippen molar-refractivity contribution in [2.24, 2.45) is 11.8 Å². The summed E-state index contributed by atoms with van der Waals surface area (Å²) in [4.78, 5) is 15.1. The number of nitrogens with zero attached hydrogens (tertiary/aromatic N) is 1. The van der Waals surface area contributed by atoms with Gasteiger partial charge in [-0.05, 0) is 54.9 Å². The zero-order chi connectivity index (χ0) is 15.1. The second-order valence-electron chi connectivity index (χ2n) is 7.39. The van der Waals surface area contributed by atoms with Crippen molar-refractivity contribution in [1.29, 1.82) is 0 Å². The molecule has 2 heteroatoms. The van der Waals surface area contributed by atoms with Crippen LogP contribution in [0, 0.1) is 25.7 Å². The fourth-order valence-electron chi connectivity index (χ4n) is 4.02. The van der Waals surface area contributed by atoms with Crippen LogP contribution in [0.25, 0.3) is 0 Å². The quantitative estimate of drug-likeness (QED) is 0.823. The summed E-state index contributed by atoms with van der Waals surface area (Å²) in [5.41, 5.74) is 5.62. The maximum atomic E-state index is 12.5. The Balaban J connectivity index is 1.87. The Bertz CT molecular complexity index is 561. The zero-order valence-electron chi connectivity index (χ0n) is 13.8. The van der Waals surface area contributed by atoms with Crippen LogP contribution >= 0.6 is 0 Å². The predicted molar refractivity (Wildman–Crippen MR) is 86.5 cm³/mol. The van der Waals surface area contributed by atoms with Crippen molar-refractivity contribution in [3.63, 3.8) is 0 Å². The molecule has 0 radical (unpaired) electrons. The van der Waals surface area contributed by atoms with Crippen LogP contribution in [-0.4, -0.2) is 23.8 Å². The molecule has 0 amide bonds. The smallest absolute Gasteiger partial charge is 0.139 e. The highest BCUT2D eigenvalue weighted by Gasteiger charge is 2.37. The van der Waals surface area contributed by atoms with E-state index in [1.807, 2.05) is 0 Å². The van der Waals surface area contributed by atoms with Gasteiger partial charge in [0, 0.05) is 31.5 Å². The van der Waals surface area contributed by atoms with Crippen LogP contribution in [0.2, 0.25) is 0 Å². The molecule has 0 bridgehead atoms. The van der Waals surface area contributed by atoms with Gasteiger partial charge in [0.1, 0.15) is 5.78 Å². The normalized spacial score (nSPS) is 25.9. The van der Waals surface area contributed by atoms with E-state index in [0.717, 1.165) is 25.9 Å². The molecule has 0 aromatic heterocycles. The molecule has 114 valence electrons. The Morgan fingerprint density at radius 1 is 1.24 bits per heavy atom. The van der Waals surface area contributed by atoms with Crippen LogP contribution in [0.1, 0.15) is 55.0 Å². The van der Waals surface area contributed by atoms with Gasteiger partial charge in [-0.3, -0.25) is 9.69 Å². The van der Waals surface area contributed by atoms with Gasteiger partial charge in [-0.15, -0.1) is 0 Å². The third-order valence-corrected chi connectivity index (χ3v) is 5.28. The average Bonchev–Trinajstić information content (AvgIpc) is 2.41. The molecule has 2 aliphatic rings. The van der Waals surface area contributed by atoms with Gasteiger partial charge in [0.2, 0.25) is 0 Å². The molecule has 0 saturated carbocycles. The van der Waals surface area contributed by atoms with Gasteiger partial charge in [-0.25, -0.2) is 0 Å². The number of ketones is 1. The summed E-state index contributed by atoms with van der Waals surface area (Å²) in [6.45, 7) is 10.9. The number of benzene rings is 1. The predicted octanol–water partition coefficient (Wildman–Crippen LogP) is 3.84. The molecule has 2 nitrogen and oxygen atoms in total. The van der Waals surface area contributed by atoms with Crippen LogP contribution in [0.5, 0.6) is 0 Å². The van der Waals surface area contributed by atoms with E-state index in [4.69, 9.17) is 0 Å². The Labute approximate surface area is 128 Å². The molecule has 1 fully saturated rings. The van der Waals surface area contributed by atoms with Gasteiger partial charge in [-0.2, -0.15) is 0 Å². The first-order chi connectivity index (χ1) is 9.95. The minimum absolute atomic E-state index is 0.259. The minimum atomic E-state index is 0.259. The van der Waals surface area contributed by atoms with E-state index in [9.17, 15) is 4.79 Å². The number of piperidine rings is 1. The van der Waals surface area contributed by atoms with Crippen LogP contribution < -0.4 is 0 Å². The standard InChI is InChI=1S/C19H27NO/c1-12(2)7-16-11-20-6-5-15-8-13(3)14(4)9-17(15)18(20)10-19(16)21/h8-9,12,16,18H,5-7,10-11H2,1-4H3/t16-,18-/m1/s1. The van der Waals surface area contributed by atoms with Crippen LogP contribution in [0.3, 0.4) is 0 Å². The molecule has 2 heterocycles. The van der Waals surface area contributed by atoms with Crippen molar-refractivity contribution in [3.05, 3.63) is 34.4 Å². The lowest BCUT2D eigenvalue weighted by Gasteiger charge is -2.43. The molecule has 2 atom stereocenters. The average molecular weight is 285 g/mol. The van der Waals surface area contributed by atoms with Crippen molar-refractivity contribution in [2.45, 2.75) is 53.0 Å². The summed E-state index contributed by atoms with van der Waals surface area (Å²) in [5.74, 6) is 1.35. The fourth-order valence-corrected chi connectivity index (χ4v) is 4.02. The molecule has 21 heavy (non-hydrogen) atoms. The van der Waals surface area contributed by atoms with Crippen molar-refractivity contribution >= 4 is 5.78 Å². The van der Waals surface area contributed by atoms with Crippen molar-refractivity contribution in [2.75, 3.05) is 13.1 Å². The van der Waals surface area contributed by atoms with Gasteiger partial charge in [0.25, 0.3) is 0 Å². The maximum absolute atomic E-state index is 12.5. The highest BCUT2D eigenvalue weighted by Crippen LogP contribution is 2.39. The van der Waals surface area contributed by atoms with E-state index in [1.165, 1.54) is 22.3 Å². The Morgan fingerprint density at radius 2 is 1.95 bits per heavy atom. The molecular weight excluding hydrogens is 258 g/mol. The summed E-state index contributed by atoms with van der Waals surface area (Å²) in [6.07, 6.45) is 2.89. The lowest BCUT2D eigenvalue weighted by atomic mass is 9.79. The molecule has 0 spiro atoms. The number of Topliss-reactive ketones (excluding diaryl/α,β-unsaturated/α-hetero) is 1. The number of rotatable bonds is 2. The van der Waals surface area contributed by atoms with Crippen molar-refractivity contribution < 1.29 is 4.79 Å². The lowest BCUT2D eigenvalue weighted by molar-refractivity contribution is -0.129. The first-order valence-electron chi connectivity index (χ1n) is 8.32. The Morgan fingerprint density at radius 3 is 2.67 bits per heavy atom. The summed E-state index contributed by atoms with van der Waals surface area (Å²) in [6, 6.07) is 5.01. The number of hydrogen-bond donors (Lipinski definition) is 0. The molecule has 0 aliphatic carbocycles. The highest BCUT2D eigenvalue weighted by molar-refractivity contribution is 5.83. The monoisotopic (exact) mass is 285 g/mol. The lowest BCUT2D eigenvalue weighted by Crippen LogP contribution is -2.46. The fraction of sp³-hybridized carbons (Fsp3) is 0.632. The number of carbonyl (C=O) groups is 1. The summed E-state index contributed by atoms with van der Waals surface area (Å²) >= 11 is 0. The SMILES string of the molecule is Cc1cc2c(cc1C)[C@H]1CC(=O)[C@H](CC(C)C)CN1CC2. The van der Waals surface area contributed by atoms with Crippen LogP contribution in [0.15, 0.2) is 12.1 Å². The molecule has 1 aromatic rings. The second-order valence-corrected chi connectivity index (χ2v) is 7.39. The molecule has 0 N–H and O–H groups in total. The van der Waals surface area contributed by atoms with E-state index in [0.29, 0.717) is 24.2 Å². The van der Waals surface area contributed by atoms with E-state index < -0.39 is 0 Å². The summed E-state index contributed by atoms with van der Waals surface area (Å²) in [7, 11) is 0. The third-order valence-electron chi connectivity index (χ3n) is 5.28. The second kappa shape index (κ2) is 5.57. The van der Waals surface area contributed by atoms with E-state index in [-0.39, 0.29) is 5.92 Å².